The summed E-state index contributed by atoms with van der Waals surface area (Å²) in [6.45, 7) is 4.46. The molecule has 0 unspecified atom stereocenters. The maximum absolute atomic E-state index is 3.57. The molecule has 0 bridgehead atoms. The molecule has 1 rings (SSSR count). The first-order chi connectivity index (χ1) is 7.30. The summed E-state index contributed by atoms with van der Waals surface area (Å²) in [5, 5.41) is 3.57. The Morgan fingerprint density at radius 2 is 2.00 bits per heavy atom. The number of benzene rings is 1. The van der Waals surface area contributed by atoms with Gasteiger partial charge in [-0.3, -0.25) is 0 Å². The molecule has 0 amide bonds. The van der Waals surface area contributed by atoms with Crippen molar-refractivity contribution >= 4 is 17.4 Å². The molecule has 0 heterocycles. The summed E-state index contributed by atoms with van der Waals surface area (Å²) in [7, 11) is 0. The lowest BCUT2D eigenvalue weighted by Gasteiger charge is -2.16. The minimum Gasteiger partial charge on any atom is -0.382 e. The number of nitrogens with one attached hydrogen (secondary N) is 1. The Kier molecular flexibility index (Phi) is 5.62. The van der Waals surface area contributed by atoms with Gasteiger partial charge in [0.1, 0.15) is 0 Å². The highest BCUT2D eigenvalue weighted by molar-refractivity contribution is 7.97. The van der Waals surface area contributed by atoms with Gasteiger partial charge in [-0.25, -0.2) is 0 Å². The van der Waals surface area contributed by atoms with Crippen molar-refractivity contribution < 1.29 is 0 Å². The van der Waals surface area contributed by atoms with E-state index in [0.717, 1.165) is 5.75 Å². The highest BCUT2D eigenvalue weighted by Crippen LogP contribution is 2.16. The summed E-state index contributed by atoms with van der Waals surface area (Å²) in [4.78, 5) is 0. The van der Waals surface area contributed by atoms with Crippen LogP contribution in [0.1, 0.15) is 32.3 Å². The van der Waals surface area contributed by atoms with Crippen LogP contribution in [0.2, 0.25) is 0 Å². The van der Waals surface area contributed by atoms with Crippen molar-refractivity contribution in [2.45, 2.75) is 38.5 Å². The highest BCUT2D eigenvalue weighted by atomic mass is 32.2. The van der Waals surface area contributed by atoms with Gasteiger partial charge in [0.05, 0.1) is 0 Å². The molecular weight excluding hydrogens is 202 g/mol. The van der Waals surface area contributed by atoms with Crippen molar-refractivity contribution in [2.24, 2.45) is 0 Å². The number of hydrogen-bond acceptors (Lipinski definition) is 2. The van der Waals surface area contributed by atoms with Crippen molar-refractivity contribution in [1.29, 1.82) is 0 Å². The standard InChI is InChI=1S/C13H21NS/c1-4-12(5-2)14-13-8-6-7-11(9-13)10-15-3/h6-9,12,14H,4-5,10H2,1-3H3. The van der Waals surface area contributed by atoms with E-state index in [9.17, 15) is 0 Å². The fourth-order valence-corrected chi connectivity index (χ4v) is 2.16. The van der Waals surface area contributed by atoms with Crippen LogP contribution >= 0.6 is 11.8 Å². The van der Waals surface area contributed by atoms with Gasteiger partial charge in [-0.05, 0) is 36.8 Å². The molecule has 84 valence electrons. The molecular formula is C13H21NS. The topological polar surface area (TPSA) is 12.0 Å². The van der Waals surface area contributed by atoms with Gasteiger partial charge in [0.25, 0.3) is 0 Å². The third kappa shape index (κ3) is 4.17. The average Bonchev–Trinajstić information content (AvgIpc) is 2.27. The molecule has 0 fully saturated rings. The lowest BCUT2D eigenvalue weighted by Crippen LogP contribution is -2.16. The summed E-state index contributed by atoms with van der Waals surface area (Å²) in [5.74, 6) is 1.10. The van der Waals surface area contributed by atoms with Crippen LogP contribution in [0.15, 0.2) is 24.3 Å². The first-order valence-electron chi connectivity index (χ1n) is 5.64. The maximum atomic E-state index is 3.57. The molecule has 15 heavy (non-hydrogen) atoms. The van der Waals surface area contributed by atoms with Crippen LogP contribution in [0.5, 0.6) is 0 Å². The number of hydrogen-bond donors (Lipinski definition) is 1. The lowest BCUT2D eigenvalue weighted by molar-refractivity contribution is 0.672. The Labute approximate surface area is 97.7 Å². The molecule has 1 aromatic carbocycles. The predicted molar refractivity (Wildman–Crippen MR) is 71.7 cm³/mol. The Balaban J connectivity index is 2.64. The van der Waals surface area contributed by atoms with Crippen molar-refractivity contribution in [3.05, 3.63) is 29.8 Å². The molecule has 0 saturated heterocycles. The third-order valence-corrected chi connectivity index (χ3v) is 3.22. The predicted octanol–water partition coefficient (Wildman–Crippen LogP) is 4.15. The van der Waals surface area contributed by atoms with Crippen LogP contribution < -0.4 is 5.32 Å². The highest BCUT2D eigenvalue weighted by Gasteiger charge is 2.02. The zero-order valence-corrected chi connectivity index (χ0v) is 10.7. The molecule has 2 heteroatoms. The molecule has 1 aromatic rings. The van der Waals surface area contributed by atoms with Crippen LogP contribution in [0.3, 0.4) is 0 Å². The Bertz CT molecular complexity index is 282. The van der Waals surface area contributed by atoms with Gasteiger partial charge in [0.15, 0.2) is 0 Å². The molecule has 0 atom stereocenters. The largest absolute Gasteiger partial charge is 0.382 e. The molecule has 1 nitrogen and oxygen atoms in total. The van der Waals surface area contributed by atoms with Gasteiger partial charge >= 0.3 is 0 Å². The van der Waals surface area contributed by atoms with Crippen LogP contribution in [0.25, 0.3) is 0 Å². The number of anilines is 1. The van der Waals surface area contributed by atoms with E-state index in [1.165, 1.54) is 24.1 Å². The van der Waals surface area contributed by atoms with Crippen molar-refractivity contribution in [3.63, 3.8) is 0 Å². The summed E-state index contributed by atoms with van der Waals surface area (Å²) < 4.78 is 0. The molecule has 0 aliphatic rings. The van der Waals surface area contributed by atoms with Crippen molar-refractivity contribution in [3.8, 4) is 0 Å². The summed E-state index contributed by atoms with van der Waals surface area (Å²) >= 11 is 1.87. The quantitative estimate of drug-likeness (QED) is 0.777. The molecule has 0 aliphatic heterocycles. The Morgan fingerprint density at radius 1 is 1.27 bits per heavy atom. The van der Waals surface area contributed by atoms with Crippen molar-refractivity contribution in [2.75, 3.05) is 11.6 Å². The fraction of sp³-hybridized carbons (Fsp3) is 0.538. The van der Waals surface area contributed by atoms with E-state index in [1.807, 2.05) is 11.8 Å². The second-order valence-corrected chi connectivity index (χ2v) is 4.66. The average molecular weight is 223 g/mol. The first-order valence-corrected chi connectivity index (χ1v) is 7.04. The van der Waals surface area contributed by atoms with Crippen LogP contribution in [0.4, 0.5) is 5.69 Å². The van der Waals surface area contributed by atoms with E-state index < -0.39 is 0 Å². The van der Waals surface area contributed by atoms with Crippen molar-refractivity contribution in [1.82, 2.24) is 0 Å². The lowest BCUT2D eigenvalue weighted by atomic mass is 10.1. The first kappa shape index (κ1) is 12.4. The summed E-state index contributed by atoms with van der Waals surface area (Å²) in [5.41, 5.74) is 2.66. The molecule has 0 spiro atoms. The second-order valence-electron chi connectivity index (χ2n) is 3.79. The minimum atomic E-state index is 0.606. The van der Waals surface area contributed by atoms with E-state index in [0.29, 0.717) is 6.04 Å². The van der Waals surface area contributed by atoms with Gasteiger partial charge in [-0.15, -0.1) is 0 Å². The number of rotatable bonds is 6. The molecule has 1 N–H and O–H groups in total. The van der Waals surface area contributed by atoms with Gasteiger partial charge in [0.2, 0.25) is 0 Å². The monoisotopic (exact) mass is 223 g/mol. The molecule has 0 saturated carbocycles. The molecule has 0 aliphatic carbocycles. The van der Waals surface area contributed by atoms with Gasteiger partial charge in [-0.1, -0.05) is 26.0 Å². The normalized spacial score (nSPS) is 10.7. The van der Waals surface area contributed by atoms with Crippen LogP contribution in [0, 0.1) is 0 Å². The molecule has 0 radical (unpaired) electrons. The van der Waals surface area contributed by atoms with Gasteiger partial charge in [-0.2, -0.15) is 11.8 Å². The van der Waals surface area contributed by atoms with E-state index in [1.54, 1.807) is 0 Å². The van der Waals surface area contributed by atoms with E-state index in [4.69, 9.17) is 0 Å². The van der Waals surface area contributed by atoms with Gasteiger partial charge in [0, 0.05) is 17.5 Å². The van der Waals surface area contributed by atoms with Gasteiger partial charge < -0.3 is 5.32 Å². The number of thioether (sulfide) groups is 1. The SMILES string of the molecule is CCC(CC)Nc1cccc(CSC)c1. The summed E-state index contributed by atoms with van der Waals surface area (Å²) in [6, 6.07) is 9.34. The van der Waals surface area contributed by atoms with Crippen LogP contribution in [-0.2, 0) is 5.75 Å². The second kappa shape index (κ2) is 6.78. The molecule has 0 aromatic heterocycles. The van der Waals surface area contributed by atoms with E-state index >= 15 is 0 Å². The Hall–Kier alpha value is -0.630. The smallest absolute Gasteiger partial charge is 0.0345 e. The zero-order valence-electron chi connectivity index (χ0n) is 9.92. The maximum Gasteiger partial charge on any atom is 0.0345 e. The zero-order chi connectivity index (χ0) is 11.1. The Morgan fingerprint density at radius 3 is 2.60 bits per heavy atom. The van der Waals surface area contributed by atoms with E-state index in [2.05, 4.69) is 49.7 Å². The fourth-order valence-electron chi connectivity index (χ4n) is 1.65. The van der Waals surface area contributed by atoms with E-state index in [-0.39, 0.29) is 0 Å². The summed E-state index contributed by atoms with van der Waals surface area (Å²) in [6.07, 6.45) is 4.51. The van der Waals surface area contributed by atoms with Crippen LogP contribution in [-0.4, -0.2) is 12.3 Å². The third-order valence-electron chi connectivity index (χ3n) is 2.59. The minimum absolute atomic E-state index is 0.606.